The molecule has 4 N–H and O–H groups in total. The summed E-state index contributed by atoms with van der Waals surface area (Å²) in [5.41, 5.74) is 9.88. The molecule has 0 bridgehead atoms. The van der Waals surface area contributed by atoms with Gasteiger partial charge in [-0.3, -0.25) is 0 Å². The van der Waals surface area contributed by atoms with Gasteiger partial charge in [0.2, 0.25) is 0 Å². The average Bonchev–Trinajstić information content (AvgIpc) is 2.67. The number of alkyl halides is 3. The molecular formula is C11H11F3N4O2. The Bertz CT molecular complexity index is 678. The third-order valence-corrected chi connectivity index (χ3v) is 2.60. The van der Waals surface area contributed by atoms with Crippen LogP contribution in [0.15, 0.2) is 12.1 Å². The summed E-state index contributed by atoms with van der Waals surface area (Å²) in [5, 5.41) is 3.61. The van der Waals surface area contributed by atoms with E-state index in [4.69, 9.17) is 16.2 Å². The van der Waals surface area contributed by atoms with E-state index in [-0.39, 0.29) is 29.0 Å². The number of nitrogens with two attached hydrogens (primary N) is 2. The lowest BCUT2D eigenvalue weighted by molar-refractivity contribution is -0.137. The highest BCUT2D eigenvalue weighted by Crippen LogP contribution is 2.36. The lowest BCUT2D eigenvalue weighted by Crippen LogP contribution is -2.16. The highest BCUT2D eigenvalue weighted by atomic mass is 19.4. The van der Waals surface area contributed by atoms with Crippen molar-refractivity contribution in [3.05, 3.63) is 17.7 Å². The summed E-state index contributed by atoms with van der Waals surface area (Å²) in [6.07, 6.45) is -5.43. The van der Waals surface area contributed by atoms with E-state index < -0.39 is 17.8 Å². The van der Waals surface area contributed by atoms with Crippen molar-refractivity contribution in [1.82, 2.24) is 9.78 Å². The number of ether oxygens (including phenoxy) is 1. The summed E-state index contributed by atoms with van der Waals surface area (Å²) in [7, 11) is 0. The van der Waals surface area contributed by atoms with Gasteiger partial charge in [0.15, 0.2) is 5.82 Å². The van der Waals surface area contributed by atoms with Gasteiger partial charge in [-0.25, -0.2) is 4.79 Å². The van der Waals surface area contributed by atoms with E-state index in [1.807, 2.05) is 0 Å². The summed E-state index contributed by atoms with van der Waals surface area (Å²) >= 11 is 0. The molecule has 0 saturated heterocycles. The van der Waals surface area contributed by atoms with E-state index in [1.54, 1.807) is 6.92 Å². The molecule has 1 aromatic heterocycles. The molecule has 1 heterocycles. The van der Waals surface area contributed by atoms with Crippen molar-refractivity contribution in [3.63, 3.8) is 0 Å². The molecule has 0 atom stereocenters. The number of benzene rings is 1. The van der Waals surface area contributed by atoms with Crippen molar-refractivity contribution in [2.75, 3.05) is 18.1 Å². The van der Waals surface area contributed by atoms with Crippen molar-refractivity contribution in [2.24, 2.45) is 0 Å². The third-order valence-electron chi connectivity index (χ3n) is 2.60. The van der Waals surface area contributed by atoms with Crippen molar-refractivity contribution < 1.29 is 22.7 Å². The second-order valence-corrected chi connectivity index (χ2v) is 3.96. The first-order valence-corrected chi connectivity index (χ1v) is 5.57. The number of halogens is 3. The van der Waals surface area contributed by atoms with Crippen LogP contribution in [0.4, 0.5) is 29.5 Å². The lowest BCUT2D eigenvalue weighted by Gasteiger charge is -2.09. The molecule has 9 heteroatoms. The number of aromatic nitrogens is 2. The zero-order valence-corrected chi connectivity index (χ0v) is 10.4. The fourth-order valence-electron chi connectivity index (χ4n) is 1.78. The van der Waals surface area contributed by atoms with Gasteiger partial charge < -0.3 is 16.2 Å². The molecule has 0 unspecified atom stereocenters. The molecule has 0 radical (unpaired) electrons. The number of rotatable bonds is 1. The molecule has 20 heavy (non-hydrogen) atoms. The number of hydrogen-bond acceptors (Lipinski definition) is 5. The van der Waals surface area contributed by atoms with Crippen LogP contribution in [0.2, 0.25) is 0 Å². The standard InChI is InChI=1S/C11H11F3N4O2/c1-2-20-10(19)18-8-6(9(16)17-18)3-5(4-7(8)15)11(12,13)14/h3-4H,2,15H2,1H3,(H2,16,17). The smallest absolute Gasteiger partial charge is 0.435 e. The number of fused-ring (bicyclic) bond motifs is 1. The molecule has 2 aromatic rings. The minimum Gasteiger partial charge on any atom is -0.448 e. The van der Waals surface area contributed by atoms with Gasteiger partial charge in [0, 0.05) is 5.39 Å². The summed E-state index contributed by atoms with van der Waals surface area (Å²) in [6.45, 7) is 1.67. The number of anilines is 2. The summed E-state index contributed by atoms with van der Waals surface area (Å²) < 4.78 is 43.6. The molecule has 108 valence electrons. The predicted molar refractivity (Wildman–Crippen MR) is 66.0 cm³/mol. The fraction of sp³-hybridized carbons (Fsp3) is 0.273. The highest BCUT2D eigenvalue weighted by molar-refractivity contribution is 6.01. The molecule has 1 aromatic carbocycles. The molecule has 0 fully saturated rings. The largest absolute Gasteiger partial charge is 0.448 e. The minimum absolute atomic E-state index is 0.00560. The SMILES string of the molecule is CCOC(=O)n1nc(N)c2cc(C(F)(F)F)cc(N)c21. The topological polar surface area (TPSA) is 96.2 Å². The van der Waals surface area contributed by atoms with Crippen LogP contribution in [0, 0.1) is 0 Å². The maximum absolute atomic E-state index is 12.7. The molecule has 0 aliphatic carbocycles. The van der Waals surface area contributed by atoms with E-state index in [1.165, 1.54) is 0 Å². The predicted octanol–water partition coefficient (Wildman–Crippen LogP) is 2.22. The second kappa shape index (κ2) is 4.58. The van der Waals surface area contributed by atoms with Gasteiger partial charge in [-0.1, -0.05) is 0 Å². The molecular weight excluding hydrogens is 277 g/mol. The van der Waals surface area contributed by atoms with Gasteiger partial charge in [-0.2, -0.15) is 17.9 Å². The van der Waals surface area contributed by atoms with Crippen LogP contribution in [0.5, 0.6) is 0 Å². The monoisotopic (exact) mass is 288 g/mol. The molecule has 0 saturated carbocycles. The summed E-state index contributed by atoms with van der Waals surface area (Å²) in [5.74, 6) is -0.231. The Kier molecular flexibility index (Phi) is 3.20. The Balaban J connectivity index is 2.70. The first-order valence-electron chi connectivity index (χ1n) is 5.57. The van der Waals surface area contributed by atoms with Gasteiger partial charge in [-0.15, -0.1) is 5.10 Å². The van der Waals surface area contributed by atoms with Crippen LogP contribution in [-0.2, 0) is 10.9 Å². The normalized spacial score (nSPS) is 11.8. The van der Waals surface area contributed by atoms with Crippen molar-refractivity contribution in [2.45, 2.75) is 13.1 Å². The second-order valence-electron chi connectivity index (χ2n) is 3.96. The number of hydrogen-bond donors (Lipinski definition) is 2. The van der Waals surface area contributed by atoms with Gasteiger partial charge in [0.05, 0.1) is 17.9 Å². The maximum Gasteiger partial charge on any atom is 0.435 e. The van der Waals surface area contributed by atoms with Gasteiger partial charge in [0.1, 0.15) is 5.52 Å². The Labute approximate surface area is 111 Å². The van der Waals surface area contributed by atoms with Crippen LogP contribution in [0.3, 0.4) is 0 Å². The Morgan fingerprint density at radius 1 is 1.40 bits per heavy atom. The molecule has 0 spiro atoms. The fourth-order valence-corrected chi connectivity index (χ4v) is 1.78. The van der Waals surface area contributed by atoms with Gasteiger partial charge in [-0.05, 0) is 19.1 Å². The van der Waals surface area contributed by atoms with Crippen LogP contribution in [0.1, 0.15) is 12.5 Å². The molecule has 0 aliphatic rings. The zero-order chi connectivity index (χ0) is 15.1. The van der Waals surface area contributed by atoms with E-state index in [2.05, 4.69) is 5.10 Å². The maximum atomic E-state index is 12.7. The average molecular weight is 288 g/mol. The number of carbonyl (C=O) groups is 1. The van der Waals surface area contributed by atoms with E-state index in [9.17, 15) is 18.0 Å². The third kappa shape index (κ3) is 2.22. The summed E-state index contributed by atoms with van der Waals surface area (Å²) in [6, 6.07) is 1.52. The lowest BCUT2D eigenvalue weighted by atomic mass is 10.1. The van der Waals surface area contributed by atoms with Crippen molar-refractivity contribution >= 4 is 28.5 Å². The molecule has 2 rings (SSSR count). The van der Waals surface area contributed by atoms with E-state index in [0.717, 1.165) is 16.8 Å². The summed E-state index contributed by atoms with van der Waals surface area (Å²) in [4.78, 5) is 11.7. The Hall–Kier alpha value is -2.45. The molecule has 6 nitrogen and oxygen atoms in total. The molecule has 0 amide bonds. The number of carbonyl (C=O) groups excluding carboxylic acids is 1. The first-order chi connectivity index (χ1) is 9.25. The quantitative estimate of drug-likeness (QED) is 0.784. The van der Waals surface area contributed by atoms with Gasteiger partial charge >= 0.3 is 12.3 Å². The van der Waals surface area contributed by atoms with E-state index >= 15 is 0 Å². The van der Waals surface area contributed by atoms with Crippen LogP contribution < -0.4 is 11.5 Å². The first kappa shape index (κ1) is 14.0. The van der Waals surface area contributed by atoms with Crippen LogP contribution in [-0.4, -0.2) is 22.5 Å². The van der Waals surface area contributed by atoms with Gasteiger partial charge in [0.25, 0.3) is 0 Å². The van der Waals surface area contributed by atoms with Crippen molar-refractivity contribution in [1.29, 1.82) is 0 Å². The highest BCUT2D eigenvalue weighted by Gasteiger charge is 2.32. The Morgan fingerprint density at radius 3 is 2.60 bits per heavy atom. The molecule has 0 aliphatic heterocycles. The van der Waals surface area contributed by atoms with Crippen LogP contribution >= 0.6 is 0 Å². The number of nitrogen functional groups attached to an aromatic ring is 2. The van der Waals surface area contributed by atoms with E-state index in [0.29, 0.717) is 0 Å². The van der Waals surface area contributed by atoms with Crippen molar-refractivity contribution in [3.8, 4) is 0 Å². The number of nitrogens with zero attached hydrogens (tertiary/aromatic N) is 2. The minimum atomic E-state index is -4.57. The Morgan fingerprint density at radius 2 is 2.05 bits per heavy atom. The van der Waals surface area contributed by atoms with Crippen LogP contribution in [0.25, 0.3) is 10.9 Å². The zero-order valence-electron chi connectivity index (χ0n) is 10.4.